The van der Waals surface area contributed by atoms with Gasteiger partial charge in [0.15, 0.2) is 9.84 Å². The number of rotatable bonds is 5. The van der Waals surface area contributed by atoms with Gasteiger partial charge in [-0.2, -0.15) is 5.10 Å². The van der Waals surface area contributed by atoms with Crippen LogP contribution in [0.1, 0.15) is 15.9 Å². The molecule has 0 aliphatic heterocycles. The second-order valence-electron chi connectivity index (χ2n) is 6.83. The summed E-state index contributed by atoms with van der Waals surface area (Å²) in [7, 11) is -3.40. The lowest BCUT2D eigenvalue weighted by Gasteiger charge is -2.10. The number of halogens is 1. The number of fused-ring (bicyclic) bond motifs is 1. The Balaban J connectivity index is 1.63. The molecule has 0 saturated carbocycles. The minimum absolute atomic E-state index is 0.0740. The first-order chi connectivity index (χ1) is 14.3. The van der Waals surface area contributed by atoms with Gasteiger partial charge < -0.3 is 5.32 Å². The van der Waals surface area contributed by atoms with E-state index in [-0.39, 0.29) is 23.2 Å². The number of hydrogen-bond donors (Lipinski definition) is 1. The third-order valence-corrected chi connectivity index (χ3v) is 5.94. The van der Waals surface area contributed by atoms with Crippen molar-refractivity contribution in [3.8, 4) is 5.69 Å². The average Bonchev–Trinajstić information content (AvgIpc) is 3.16. The molecule has 30 heavy (non-hydrogen) atoms. The second-order valence-corrected chi connectivity index (χ2v) is 8.82. The van der Waals surface area contributed by atoms with Crippen molar-refractivity contribution in [1.29, 1.82) is 0 Å². The summed E-state index contributed by atoms with van der Waals surface area (Å²) in [6.07, 6.45) is 2.72. The topological polar surface area (TPSA) is 81.1 Å². The number of hydrogen-bond acceptors (Lipinski definition) is 4. The number of carbonyl (C=O) groups excluding carboxylic acids is 1. The van der Waals surface area contributed by atoms with Crippen molar-refractivity contribution in [3.63, 3.8) is 0 Å². The van der Waals surface area contributed by atoms with E-state index in [9.17, 15) is 17.6 Å². The summed E-state index contributed by atoms with van der Waals surface area (Å²) in [6, 6.07) is 17.7. The van der Waals surface area contributed by atoms with Crippen LogP contribution >= 0.6 is 0 Å². The van der Waals surface area contributed by atoms with E-state index < -0.39 is 9.84 Å². The Labute approximate surface area is 172 Å². The van der Waals surface area contributed by atoms with E-state index in [4.69, 9.17) is 0 Å². The third-order valence-electron chi connectivity index (χ3n) is 4.74. The largest absolute Gasteiger partial charge is 0.348 e. The van der Waals surface area contributed by atoms with Crippen molar-refractivity contribution >= 4 is 26.6 Å². The van der Waals surface area contributed by atoms with Gasteiger partial charge in [-0.15, -0.1) is 0 Å². The highest BCUT2D eigenvalue weighted by molar-refractivity contribution is 7.90. The monoisotopic (exact) mass is 423 g/mol. The molecule has 0 unspecified atom stereocenters. The summed E-state index contributed by atoms with van der Waals surface area (Å²) < 4.78 is 38.8. The van der Waals surface area contributed by atoms with Gasteiger partial charge in [0, 0.05) is 18.2 Å². The molecular weight excluding hydrogens is 405 g/mol. The molecule has 4 aromatic rings. The number of aromatic nitrogens is 2. The van der Waals surface area contributed by atoms with Crippen molar-refractivity contribution in [2.75, 3.05) is 6.26 Å². The van der Waals surface area contributed by atoms with Gasteiger partial charge in [-0.25, -0.2) is 17.5 Å². The Morgan fingerprint density at radius 2 is 1.77 bits per heavy atom. The molecule has 4 rings (SSSR count). The molecule has 152 valence electrons. The zero-order chi connectivity index (χ0) is 21.3. The molecule has 0 spiro atoms. The van der Waals surface area contributed by atoms with E-state index in [0.717, 1.165) is 6.26 Å². The number of benzene rings is 3. The van der Waals surface area contributed by atoms with Gasteiger partial charge in [-0.1, -0.05) is 24.3 Å². The van der Waals surface area contributed by atoms with Crippen molar-refractivity contribution in [1.82, 2.24) is 15.1 Å². The first-order valence-electron chi connectivity index (χ1n) is 9.13. The van der Waals surface area contributed by atoms with Gasteiger partial charge in [-0.3, -0.25) is 4.79 Å². The summed E-state index contributed by atoms with van der Waals surface area (Å²) >= 11 is 0. The second kappa shape index (κ2) is 7.72. The highest BCUT2D eigenvalue weighted by Crippen LogP contribution is 2.22. The Kier molecular flexibility index (Phi) is 5.09. The van der Waals surface area contributed by atoms with Crippen LogP contribution in [0.5, 0.6) is 0 Å². The van der Waals surface area contributed by atoms with E-state index in [1.54, 1.807) is 53.3 Å². The van der Waals surface area contributed by atoms with Crippen molar-refractivity contribution in [2.45, 2.75) is 11.4 Å². The number of amides is 1. The first kappa shape index (κ1) is 19.8. The van der Waals surface area contributed by atoms with Crippen molar-refractivity contribution in [2.24, 2.45) is 0 Å². The Morgan fingerprint density at radius 3 is 2.50 bits per heavy atom. The predicted molar refractivity (Wildman–Crippen MR) is 112 cm³/mol. The number of nitrogens with one attached hydrogen (secondary N) is 1. The van der Waals surface area contributed by atoms with Crippen molar-refractivity contribution in [3.05, 3.63) is 89.9 Å². The minimum Gasteiger partial charge on any atom is -0.348 e. The van der Waals surface area contributed by atoms with Crippen LogP contribution in [-0.2, 0) is 16.4 Å². The van der Waals surface area contributed by atoms with Crippen LogP contribution in [0.2, 0.25) is 0 Å². The summed E-state index contributed by atoms with van der Waals surface area (Å²) in [5, 5.41) is 7.76. The first-order valence-corrected chi connectivity index (χ1v) is 11.0. The third kappa shape index (κ3) is 3.81. The van der Waals surface area contributed by atoms with Gasteiger partial charge >= 0.3 is 0 Å². The van der Waals surface area contributed by atoms with Crippen LogP contribution in [0, 0.1) is 5.82 Å². The SMILES string of the molecule is CS(=O)(=O)c1ccccc1CNC(=O)c1cccc2c1cnn2-c1ccc(F)cc1. The molecule has 1 aromatic heterocycles. The van der Waals surface area contributed by atoms with Gasteiger partial charge in [0.2, 0.25) is 0 Å². The fourth-order valence-electron chi connectivity index (χ4n) is 3.32. The number of sulfone groups is 1. The summed E-state index contributed by atoms with van der Waals surface area (Å²) in [6.45, 7) is 0.0740. The number of carbonyl (C=O) groups is 1. The van der Waals surface area contributed by atoms with E-state index >= 15 is 0 Å². The zero-order valence-corrected chi connectivity index (χ0v) is 16.9. The Hall–Kier alpha value is -3.52. The molecule has 0 aliphatic carbocycles. The van der Waals surface area contributed by atoms with E-state index in [2.05, 4.69) is 10.4 Å². The molecule has 1 amide bonds. The molecule has 6 nitrogen and oxygen atoms in total. The predicted octanol–water partition coefficient (Wildman–Crippen LogP) is 3.50. The van der Waals surface area contributed by atoms with Crippen LogP contribution in [0.15, 0.2) is 77.8 Å². The maximum absolute atomic E-state index is 13.2. The molecule has 0 atom stereocenters. The highest BCUT2D eigenvalue weighted by Gasteiger charge is 2.16. The van der Waals surface area contributed by atoms with Gasteiger partial charge in [0.05, 0.1) is 27.9 Å². The minimum atomic E-state index is -3.40. The van der Waals surface area contributed by atoms with Gasteiger partial charge in [0.1, 0.15) is 5.82 Å². The van der Waals surface area contributed by atoms with Crippen LogP contribution in [0.25, 0.3) is 16.6 Å². The molecule has 3 aromatic carbocycles. The molecule has 1 N–H and O–H groups in total. The average molecular weight is 423 g/mol. The van der Waals surface area contributed by atoms with Crippen LogP contribution in [-0.4, -0.2) is 30.4 Å². The molecule has 0 aliphatic rings. The maximum atomic E-state index is 13.2. The highest BCUT2D eigenvalue weighted by atomic mass is 32.2. The van der Waals surface area contributed by atoms with Gasteiger partial charge in [-0.05, 0) is 48.0 Å². The molecule has 8 heteroatoms. The fraction of sp³-hybridized carbons (Fsp3) is 0.0909. The fourth-order valence-corrected chi connectivity index (χ4v) is 4.26. The van der Waals surface area contributed by atoms with E-state index in [1.807, 2.05) is 6.07 Å². The van der Waals surface area contributed by atoms with Crippen LogP contribution in [0.3, 0.4) is 0 Å². The quantitative estimate of drug-likeness (QED) is 0.533. The summed E-state index contributed by atoms with van der Waals surface area (Å²) in [5.74, 6) is -0.688. The molecule has 0 saturated heterocycles. The van der Waals surface area contributed by atoms with Crippen molar-refractivity contribution < 1.29 is 17.6 Å². The summed E-state index contributed by atoms with van der Waals surface area (Å²) in [5.41, 5.74) is 2.30. The van der Waals surface area contributed by atoms with E-state index in [0.29, 0.717) is 27.7 Å². The van der Waals surface area contributed by atoms with Crippen LogP contribution in [0.4, 0.5) is 4.39 Å². The molecule has 1 heterocycles. The Bertz CT molecular complexity index is 1350. The Morgan fingerprint density at radius 1 is 1.03 bits per heavy atom. The maximum Gasteiger partial charge on any atom is 0.252 e. The molecular formula is C22H18FN3O3S. The summed E-state index contributed by atoms with van der Waals surface area (Å²) in [4.78, 5) is 13.0. The standard InChI is InChI=1S/C22H18FN3O3S/c1-30(28,29)21-8-3-2-5-15(21)13-24-22(27)18-6-4-7-20-19(18)14-25-26(20)17-11-9-16(23)10-12-17/h2-12,14H,13H2,1H3,(H,24,27). The smallest absolute Gasteiger partial charge is 0.252 e. The lowest BCUT2D eigenvalue weighted by atomic mass is 10.1. The molecule has 0 fully saturated rings. The van der Waals surface area contributed by atoms with Gasteiger partial charge in [0.25, 0.3) is 5.91 Å². The number of nitrogens with zero attached hydrogens (tertiary/aromatic N) is 2. The normalized spacial score (nSPS) is 11.5. The zero-order valence-electron chi connectivity index (χ0n) is 16.0. The molecule has 0 radical (unpaired) electrons. The van der Waals surface area contributed by atoms with Crippen LogP contribution < -0.4 is 5.32 Å². The molecule has 0 bridgehead atoms. The lowest BCUT2D eigenvalue weighted by molar-refractivity contribution is 0.0952. The lowest BCUT2D eigenvalue weighted by Crippen LogP contribution is -2.24. The van der Waals surface area contributed by atoms with E-state index in [1.165, 1.54) is 18.2 Å².